The second-order valence-corrected chi connectivity index (χ2v) is 4.42. The Labute approximate surface area is 93.9 Å². The van der Waals surface area contributed by atoms with Crippen LogP contribution in [0.1, 0.15) is 37.7 Å². The molecule has 15 heavy (non-hydrogen) atoms. The molecule has 2 atom stereocenters. The van der Waals surface area contributed by atoms with Gasteiger partial charge in [-0.3, -0.25) is 4.79 Å². The third-order valence-electron chi connectivity index (χ3n) is 2.12. The highest BCUT2D eigenvalue weighted by molar-refractivity contribution is 7.09. The first-order valence-electron chi connectivity index (χ1n) is 5.10. The van der Waals surface area contributed by atoms with E-state index in [1.807, 2.05) is 19.2 Å². The van der Waals surface area contributed by atoms with Crippen molar-refractivity contribution in [2.75, 3.05) is 0 Å². The predicted molar refractivity (Wildman–Crippen MR) is 61.6 cm³/mol. The molecule has 0 spiro atoms. The fourth-order valence-corrected chi connectivity index (χ4v) is 1.92. The molecule has 0 fully saturated rings. The monoisotopic (exact) mass is 227 g/mol. The molecule has 4 nitrogen and oxygen atoms in total. The maximum atomic E-state index is 11.6. The van der Waals surface area contributed by atoms with Crippen LogP contribution in [0, 0.1) is 0 Å². The molecule has 0 saturated heterocycles. The van der Waals surface area contributed by atoms with Crippen molar-refractivity contribution in [3.8, 4) is 0 Å². The number of thiazole rings is 1. The average Bonchev–Trinajstić information content (AvgIpc) is 2.70. The molecule has 5 heteroatoms. The summed E-state index contributed by atoms with van der Waals surface area (Å²) < 4.78 is 0. The van der Waals surface area contributed by atoms with E-state index >= 15 is 0 Å². The molecule has 1 aromatic rings. The van der Waals surface area contributed by atoms with Crippen LogP contribution in [-0.4, -0.2) is 16.9 Å². The number of nitrogens with zero attached hydrogens (tertiary/aromatic N) is 1. The zero-order valence-electron chi connectivity index (χ0n) is 9.06. The Kier molecular flexibility index (Phi) is 4.71. The van der Waals surface area contributed by atoms with E-state index in [4.69, 9.17) is 5.73 Å². The minimum absolute atomic E-state index is 0.0552. The molecule has 3 N–H and O–H groups in total. The molecule has 1 aromatic heterocycles. The molecule has 0 bridgehead atoms. The lowest BCUT2D eigenvalue weighted by Crippen LogP contribution is -2.41. The zero-order valence-corrected chi connectivity index (χ0v) is 9.88. The van der Waals surface area contributed by atoms with Crippen LogP contribution in [0.3, 0.4) is 0 Å². The van der Waals surface area contributed by atoms with Crippen LogP contribution < -0.4 is 11.1 Å². The fourth-order valence-electron chi connectivity index (χ4n) is 1.27. The lowest BCUT2D eigenvalue weighted by Gasteiger charge is -2.15. The maximum absolute atomic E-state index is 11.6. The van der Waals surface area contributed by atoms with Crippen LogP contribution in [0.15, 0.2) is 11.6 Å². The van der Waals surface area contributed by atoms with Gasteiger partial charge in [-0.15, -0.1) is 11.3 Å². The summed E-state index contributed by atoms with van der Waals surface area (Å²) in [6.07, 6.45) is 3.37. The van der Waals surface area contributed by atoms with Crippen molar-refractivity contribution in [3.05, 3.63) is 16.6 Å². The molecule has 0 aromatic carbocycles. The van der Waals surface area contributed by atoms with Crippen molar-refractivity contribution in [2.45, 2.75) is 38.8 Å². The number of hydrogen-bond donors (Lipinski definition) is 2. The van der Waals surface area contributed by atoms with Gasteiger partial charge in [0.1, 0.15) is 5.01 Å². The summed E-state index contributed by atoms with van der Waals surface area (Å²) in [6.45, 7) is 3.92. The number of carbonyl (C=O) groups excluding carboxylic acids is 1. The lowest BCUT2D eigenvalue weighted by molar-refractivity contribution is -0.123. The van der Waals surface area contributed by atoms with E-state index in [0.717, 1.165) is 17.8 Å². The first-order chi connectivity index (χ1) is 7.15. The summed E-state index contributed by atoms with van der Waals surface area (Å²) in [5, 5.41) is 5.65. The molecule has 1 amide bonds. The molecule has 1 rings (SSSR count). The van der Waals surface area contributed by atoms with Crippen molar-refractivity contribution in [2.24, 2.45) is 5.73 Å². The summed E-state index contributed by atoms with van der Waals surface area (Å²) in [5.74, 6) is -0.0976. The molecule has 0 aliphatic rings. The van der Waals surface area contributed by atoms with Crippen LogP contribution >= 0.6 is 11.3 Å². The Hall–Kier alpha value is -0.940. The highest BCUT2D eigenvalue weighted by Crippen LogP contribution is 2.14. The van der Waals surface area contributed by atoms with Crippen molar-refractivity contribution >= 4 is 17.2 Å². The minimum Gasteiger partial charge on any atom is -0.346 e. The number of carbonyl (C=O) groups is 1. The standard InChI is InChI=1S/C10H17N3OS/c1-3-4-8(11)9(14)13-7(2)10-12-5-6-15-10/h5-8H,3-4,11H2,1-2H3,(H,13,14)/t7?,8-/m1/s1. The second kappa shape index (κ2) is 5.82. The van der Waals surface area contributed by atoms with E-state index in [1.165, 1.54) is 11.3 Å². The number of rotatable bonds is 5. The topological polar surface area (TPSA) is 68.0 Å². The summed E-state index contributed by atoms with van der Waals surface area (Å²) in [6, 6.07) is -0.460. The summed E-state index contributed by atoms with van der Waals surface area (Å²) in [5.41, 5.74) is 5.70. The van der Waals surface area contributed by atoms with E-state index in [0.29, 0.717) is 0 Å². The molecule has 84 valence electrons. The average molecular weight is 227 g/mol. The van der Waals surface area contributed by atoms with Gasteiger partial charge in [0.2, 0.25) is 5.91 Å². The van der Waals surface area contributed by atoms with Gasteiger partial charge in [-0.2, -0.15) is 0 Å². The van der Waals surface area contributed by atoms with Crippen molar-refractivity contribution < 1.29 is 4.79 Å². The largest absolute Gasteiger partial charge is 0.346 e. The van der Waals surface area contributed by atoms with Gasteiger partial charge in [0.15, 0.2) is 0 Å². The Balaban J connectivity index is 2.44. The predicted octanol–water partition coefficient (Wildman–Crippen LogP) is 1.45. The van der Waals surface area contributed by atoms with Crippen molar-refractivity contribution in [1.82, 2.24) is 10.3 Å². The molecule has 0 radical (unpaired) electrons. The Bertz CT molecular complexity index is 300. The second-order valence-electron chi connectivity index (χ2n) is 3.50. The number of aromatic nitrogens is 1. The minimum atomic E-state index is -0.405. The number of nitrogens with one attached hydrogen (secondary N) is 1. The van der Waals surface area contributed by atoms with Gasteiger partial charge < -0.3 is 11.1 Å². The van der Waals surface area contributed by atoms with Gasteiger partial charge in [-0.05, 0) is 13.3 Å². The molecule has 0 saturated carbocycles. The van der Waals surface area contributed by atoms with E-state index in [1.54, 1.807) is 6.20 Å². The summed E-state index contributed by atoms with van der Waals surface area (Å²) >= 11 is 1.53. The highest BCUT2D eigenvalue weighted by atomic mass is 32.1. The number of nitrogens with two attached hydrogens (primary N) is 1. The normalized spacial score (nSPS) is 14.6. The molecule has 1 heterocycles. The van der Waals surface area contributed by atoms with Crippen LogP contribution in [0.5, 0.6) is 0 Å². The Morgan fingerprint density at radius 2 is 2.47 bits per heavy atom. The van der Waals surface area contributed by atoms with E-state index in [2.05, 4.69) is 10.3 Å². The summed E-state index contributed by atoms with van der Waals surface area (Å²) in [4.78, 5) is 15.7. The van der Waals surface area contributed by atoms with Gasteiger partial charge in [-0.25, -0.2) is 4.98 Å². The molecule has 0 aliphatic carbocycles. The van der Waals surface area contributed by atoms with Crippen molar-refractivity contribution in [3.63, 3.8) is 0 Å². The highest BCUT2D eigenvalue weighted by Gasteiger charge is 2.16. The maximum Gasteiger partial charge on any atom is 0.237 e. The Morgan fingerprint density at radius 3 is 3.00 bits per heavy atom. The van der Waals surface area contributed by atoms with Gasteiger partial charge in [0.05, 0.1) is 12.1 Å². The third kappa shape index (κ3) is 3.60. The van der Waals surface area contributed by atoms with Crippen LogP contribution in [0.4, 0.5) is 0 Å². The first kappa shape index (κ1) is 12.1. The van der Waals surface area contributed by atoms with E-state index in [-0.39, 0.29) is 11.9 Å². The Morgan fingerprint density at radius 1 is 1.73 bits per heavy atom. The molecule has 1 unspecified atom stereocenters. The molecular formula is C10H17N3OS. The zero-order chi connectivity index (χ0) is 11.3. The molecule has 0 aliphatic heterocycles. The van der Waals surface area contributed by atoms with Crippen molar-refractivity contribution in [1.29, 1.82) is 0 Å². The lowest BCUT2D eigenvalue weighted by atomic mass is 10.1. The third-order valence-corrected chi connectivity index (χ3v) is 3.08. The van der Waals surface area contributed by atoms with Gasteiger partial charge in [-0.1, -0.05) is 13.3 Å². The van der Waals surface area contributed by atoms with Gasteiger partial charge >= 0.3 is 0 Å². The molecular weight excluding hydrogens is 210 g/mol. The SMILES string of the molecule is CCC[C@@H](N)C(=O)NC(C)c1nccs1. The number of amides is 1. The van der Waals surface area contributed by atoms with Crippen LogP contribution in [-0.2, 0) is 4.79 Å². The smallest absolute Gasteiger partial charge is 0.237 e. The van der Waals surface area contributed by atoms with E-state index < -0.39 is 6.04 Å². The van der Waals surface area contributed by atoms with Gasteiger partial charge in [0.25, 0.3) is 0 Å². The quantitative estimate of drug-likeness (QED) is 0.800. The number of hydrogen-bond acceptors (Lipinski definition) is 4. The summed E-state index contributed by atoms with van der Waals surface area (Å²) in [7, 11) is 0. The van der Waals surface area contributed by atoms with Crippen LogP contribution in [0.25, 0.3) is 0 Å². The van der Waals surface area contributed by atoms with Crippen LogP contribution in [0.2, 0.25) is 0 Å². The van der Waals surface area contributed by atoms with E-state index in [9.17, 15) is 4.79 Å². The fraction of sp³-hybridized carbons (Fsp3) is 0.600. The van der Waals surface area contributed by atoms with Gasteiger partial charge in [0, 0.05) is 11.6 Å². The first-order valence-corrected chi connectivity index (χ1v) is 5.98.